The van der Waals surface area contributed by atoms with E-state index in [0.717, 1.165) is 11.8 Å². The molecule has 0 aromatic carbocycles. The Bertz CT molecular complexity index is 264. The zero-order valence-corrected chi connectivity index (χ0v) is 21.4. The van der Waals surface area contributed by atoms with Crippen LogP contribution in [0.5, 0.6) is 0 Å². The summed E-state index contributed by atoms with van der Waals surface area (Å²) in [7, 11) is 0. The average Bonchev–Trinajstić information content (AvgIpc) is 2.70. The van der Waals surface area contributed by atoms with Crippen molar-refractivity contribution < 1.29 is 0 Å². The SMILES string of the molecule is CCCCCCCCC(CCCCCCCC)CCCCCCCCCC(C)C. The highest BCUT2D eigenvalue weighted by atomic mass is 14.1. The molecule has 0 nitrogen and oxygen atoms in total. The van der Waals surface area contributed by atoms with Crippen LogP contribution in [0.15, 0.2) is 0 Å². The molecule has 29 heavy (non-hydrogen) atoms. The van der Waals surface area contributed by atoms with Crippen molar-refractivity contribution in [2.45, 2.75) is 175 Å². The third-order valence-electron chi connectivity index (χ3n) is 6.83. The van der Waals surface area contributed by atoms with Gasteiger partial charge in [-0.2, -0.15) is 0 Å². The third-order valence-corrected chi connectivity index (χ3v) is 6.83. The van der Waals surface area contributed by atoms with Crippen molar-refractivity contribution in [1.82, 2.24) is 0 Å². The van der Waals surface area contributed by atoms with E-state index in [1.165, 1.54) is 148 Å². The Hall–Kier alpha value is 0. The van der Waals surface area contributed by atoms with Crippen molar-refractivity contribution in [2.24, 2.45) is 11.8 Å². The zero-order chi connectivity index (χ0) is 21.4. The smallest absolute Gasteiger partial charge is 0.0414 e. The molecule has 0 spiro atoms. The molecule has 0 amide bonds. The molecule has 0 heteroatoms. The Morgan fingerprint density at radius 3 is 0.931 bits per heavy atom. The summed E-state index contributed by atoms with van der Waals surface area (Å²) in [5.74, 6) is 1.93. The molecule has 0 aromatic heterocycles. The molecule has 0 aromatic rings. The molecule has 0 aliphatic rings. The highest BCUT2D eigenvalue weighted by Gasteiger charge is 2.08. The maximum Gasteiger partial charge on any atom is -0.0414 e. The number of rotatable bonds is 24. The van der Waals surface area contributed by atoms with Crippen molar-refractivity contribution in [3.63, 3.8) is 0 Å². The fourth-order valence-electron chi connectivity index (χ4n) is 4.73. The van der Waals surface area contributed by atoms with E-state index in [-0.39, 0.29) is 0 Å². The summed E-state index contributed by atoms with van der Waals surface area (Å²) < 4.78 is 0. The van der Waals surface area contributed by atoms with Crippen LogP contribution in [-0.2, 0) is 0 Å². The molecule has 0 atom stereocenters. The first kappa shape index (κ1) is 29.0. The number of hydrogen-bond donors (Lipinski definition) is 0. The summed E-state index contributed by atoms with van der Waals surface area (Å²) in [5.41, 5.74) is 0. The van der Waals surface area contributed by atoms with E-state index in [1.54, 1.807) is 0 Å². The van der Waals surface area contributed by atoms with E-state index < -0.39 is 0 Å². The number of hydrogen-bond acceptors (Lipinski definition) is 0. The molecule has 0 aliphatic carbocycles. The molecule has 0 saturated heterocycles. The Morgan fingerprint density at radius 1 is 0.345 bits per heavy atom. The van der Waals surface area contributed by atoms with E-state index in [0.29, 0.717) is 0 Å². The summed E-state index contributed by atoms with van der Waals surface area (Å²) in [5, 5.41) is 0. The predicted octanol–water partition coefficient (Wildman–Crippen LogP) is 11.3. The molecule has 0 saturated carbocycles. The largest absolute Gasteiger partial charge is 0.0654 e. The van der Waals surface area contributed by atoms with Crippen LogP contribution >= 0.6 is 0 Å². The quantitative estimate of drug-likeness (QED) is 0.139. The first-order valence-electron chi connectivity index (χ1n) is 14.2. The van der Waals surface area contributed by atoms with Crippen LogP contribution in [0.25, 0.3) is 0 Å². The summed E-state index contributed by atoms with van der Waals surface area (Å²) in [6, 6.07) is 0. The monoisotopic (exact) mass is 408 g/mol. The molecule has 0 heterocycles. The van der Waals surface area contributed by atoms with Crippen LogP contribution in [-0.4, -0.2) is 0 Å². The van der Waals surface area contributed by atoms with E-state index in [2.05, 4.69) is 27.7 Å². The van der Waals surface area contributed by atoms with E-state index >= 15 is 0 Å². The standard InChI is InChI=1S/C29H60/c1-5-7-9-11-17-21-25-29(26-22-18-12-10-8-6-2)27-23-19-15-13-14-16-20-24-28(3)4/h28-29H,5-27H2,1-4H3. The lowest BCUT2D eigenvalue weighted by Crippen LogP contribution is -2.01. The summed E-state index contributed by atoms with van der Waals surface area (Å²) >= 11 is 0. The lowest BCUT2D eigenvalue weighted by Gasteiger charge is -2.17. The Labute approximate surface area is 187 Å². The van der Waals surface area contributed by atoms with Gasteiger partial charge in [0.05, 0.1) is 0 Å². The fourth-order valence-corrected chi connectivity index (χ4v) is 4.73. The van der Waals surface area contributed by atoms with Gasteiger partial charge < -0.3 is 0 Å². The van der Waals surface area contributed by atoms with Crippen LogP contribution in [0.4, 0.5) is 0 Å². The highest BCUT2D eigenvalue weighted by molar-refractivity contribution is 4.62. The van der Waals surface area contributed by atoms with Crippen LogP contribution in [0.3, 0.4) is 0 Å². The van der Waals surface area contributed by atoms with Crippen LogP contribution in [0.2, 0.25) is 0 Å². The lowest BCUT2D eigenvalue weighted by molar-refractivity contribution is 0.365. The van der Waals surface area contributed by atoms with Crippen molar-refractivity contribution in [1.29, 1.82) is 0 Å². The van der Waals surface area contributed by atoms with E-state index in [1.807, 2.05) is 0 Å². The maximum atomic E-state index is 2.35. The molecule has 0 N–H and O–H groups in total. The van der Waals surface area contributed by atoms with Gasteiger partial charge in [0, 0.05) is 0 Å². The first-order chi connectivity index (χ1) is 14.2. The number of unbranched alkanes of at least 4 members (excludes halogenated alkanes) is 16. The van der Waals surface area contributed by atoms with Gasteiger partial charge in [-0.3, -0.25) is 0 Å². The van der Waals surface area contributed by atoms with Crippen molar-refractivity contribution >= 4 is 0 Å². The molecule has 0 unspecified atom stereocenters. The second-order valence-electron chi connectivity index (χ2n) is 10.4. The normalized spacial score (nSPS) is 11.8. The van der Waals surface area contributed by atoms with Crippen molar-refractivity contribution in [3.05, 3.63) is 0 Å². The molecule has 0 aliphatic heterocycles. The minimum atomic E-state index is 0.894. The van der Waals surface area contributed by atoms with Crippen LogP contribution in [0, 0.1) is 11.8 Å². The van der Waals surface area contributed by atoms with Gasteiger partial charge in [0.2, 0.25) is 0 Å². The van der Waals surface area contributed by atoms with Gasteiger partial charge in [-0.05, 0) is 11.8 Å². The van der Waals surface area contributed by atoms with Gasteiger partial charge in [0.25, 0.3) is 0 Å². The first-order valence-corrected chi connectivity index (χ1v) is 14.2. The van der Waals surface area contributed by atoms with E-state index in [9.17, 15) is 0 Å². The highest BCUT2D eigenvalue weighted by Crippen LogP contribution is 2.25. The lowest BCUT2D eigenvalue weighted by atomic mass is 9.89. The minimum absolute atomic E-state index is 0.894. The zero-order valence-electron chi connectivity index (χ0n) is 21.4. The van der Waals surface area contributed by atoms with Crippen molar-refractivity contribution in [3.8, 4) is 0 Å². The molecule has 0 rings (SSSR count). The van der Waals surface area contributed by atoms with E-state index in [4.69, 9.17) is 0 Å². The van der Waals surface area contributed by atoms with Gasteiger partial charge in [-0.15, -0.1) is 0 Å². The second-order valence-corrected chi connectivity index (χ2v) is 10.4. The Morgan fingerprint density at radius 2 is 0.621 bits per heavy atom. The fraction of sp³-hybridized carbons (Fsp3) is 1.00. The minimum Gasteiger partial charge on any atom is -0.0654 e. The Balaban J connectivity index is 3.77. The molecule has 176 valence electrons. The van der Waals surface area contributed by atoms with Gasteiger partial charge in [-0.25, -0.2) is 0 Å². The molecule has 0 radical (unpaired) electrons. The van der Waals surface area contributed by atoms with Crippen LogP contribution in [0.1, 0.15) is 175 Å². The van der Waals surface area contributed by atoms with Crippen LogP contribution < -0.4 is 0 Å². The Kier molecular flexibility index (Phi) is 24.3. The third kappa shape index (κ3) is 24.1. The van der Waals surface area contributed by atoms with Gasteiger partial charge >= 0.3 is 0 Å². The molecule has 0 bridgehead atoms. The average molecular weight is 409 g/mol. The molecular weight excluding hydrogens is 348 g/mol. The molecule has 0 fully saturated rings. The predicted molar refractivity (Wildman–Crippen MR) is 136 cm³/mol. The van der Waals surface area contributed by atoms with Gasteiger partial charge in [0.1, 0.15) is 0 Å². The second kappa shape index (κ2) is 24.3. The van der Waals surface area contributed by atoms with Gasteiger partial charge in [-0.1, -0.05) is 175 Å². The van der Waals surface area contributed by atoms with Gasteiger partial charge in [0.15, 0.2) is 0 Å². The van der Waals surface area contributed by atoms with Crippen molar-refractivity contribution in [2.75, 3.05) is 0 Å². The summed E-state index contributed by atoms with van der Waals surface area (Å²) in [6.45, 7) is 9.35. The summed E-state index contributed by atoms with van der Waals surface area (Å²) in [6.07, 6.45) is 33.9. The topological polar surface area (TPSA) is 0 Å². The summed E-state index contributed by atoms with van der Waals surface area (Å²) in [4.78, 5) is 0. The molecular formula is C29H60. The maximum absolute atomic E-state index is 2.35.